The summed E-state index contributed by atoms with van der Waals surface area (Å²) in [6, 6.07) is 13.1. The highest BCUT2D eigenvalue weighted by molar-refractivity contribution is 5.95. The summed E-state index contributed by atoms with van der Waals surface area (Å²) in [6.45, 7) is 3.66. The van der Waals surface area contributed by atoms with Crippen molar-refractivity contribution in [3.8, 4) is 0 Å². The van der Waals surface area contributed by atoms with E-state index in [-0.39, 0.29) is 23.8 Å². The van der Waals surface area contributed by atoms with E-state index >= 15 is 0 Å². The highest BCUT2D eigenvalue weighted by Crippen LogP contribution is 2.33. The molecular weight excluding hydrogens is 368 g/mol. The van der Waals surface area contributed by atoms with Crippen molar-refractivity contribution in [2.24, 2.45) is 0 Å². The Balaban J connectivity index is 1.37. The monoisotopic (exact) mass is 392 g/mol. The summed E-state index contributed by atoms with van der Waals surface area (Å²) < 4.78 is 0. The zero-order valence-corrected chi connectivity index (χ0v) is 16.4. The first-order valence-corrected chi connectivity index (χ1v) is 9.85. The number of H-pyrrole nitrogens is 1. The van der Waals surface area contributed by atoms with E-state index < -0.39 is 4.92 Å². The summed E-state index contributed by atoms with van der Waals surface area (Å²) in [7, 11) is 0. The van der Waals surface area contributed by atoms with E-state index in [1.54, 1.807) is 19.1 Å². The molecule has 7 heteroatoms. The van der Waals surface area contributed by atoms with Crippen LogP contribution >= 0.6 is 0 Å². The van der Waals surface area contributed by atoms with Gasteiger partial charge in [0.2, 0.25) is 5.91 Å². The molecule has 0 spiro atoms. The third kappa shape index (κ3) is 4.00. The molecule has 0 saturated carbocycles. The van der Waals surface area contributed by atoms with Gasteiger partial charge in [0.1, 0.15) is 5.69 Å². The van der Waals surface area contributed by atoms with Crippen molar-refractivity contribution in [2.75, 3.05) is 25.0 Å². The number of aromatic amines is 1. The van der Waals surface area contributed by atoms with Crippen LogP contribution in [0.25, 0.3) is 10.9 Å². The summed E-state index contributed by atoms with van der Waals surface area (Å²) >= 11 is 0. The zero-order chi connectivity index (χ0) is 20.4. The molecule has 1 amide bonds. The van der Waals surface area contributed by atoms with Crippen LogP contribution in [0.5, 0.6) is 0 Å². The minimum absolute atomic E-state index is 0.0728. The smallest absolute Gasteiger partial charge is 0.293 e. The van der Waals surface area contributed by atoms with Crippen LogP contribution in [-0.4, -0.2) is 40.3 Å². The lowest BCUT2D eigenvalue weighted by atomic mass is 9.89. The van der Waals surface area contributed by atoms with Gasteiger partial charge in [0.25, 0.3) is 5.69 Å². The number of nitrogens with zero attached hydrogens (tertiary/aromatic N) is 2. The molecule has 0 atom stereocenters. The van der Waals surface area contributed by atoms with Crippen molar-refractivity contribution in [2.45, 2.75) is 25.7 Å². The summed E-state index contributed by atoms with van der Waals surface area (Å²) in [5, 5.41) is 15.2. The third-order valence-electron chi connectivity index (χ3n) is 5.73. The van der Waals surface area contributed by atoms with E-state index in [0.29, 0.717) is 11.5 Å². The van der Waals surface area contributed by atoms with E-state index in [1.807, 2.05) is 6.07 Å². The Labute approximate surface area is 168 Å². The van der Waals surface area contributed by atoms with Gasteiger partial charge in [0.05, 0.1) is 11.5 Å². The number of aromatic nitrogens is 1. The molecule has 0 radical (unpaired) electrons. The molecule has 3 aromatic rings. The number of nitro groups is 1. The third-order valence-corrected chi connectivity index (χ3v) is 5.73. The quantitative estimate of drug-likeness (QED) is 0.503. The average molecular weight is 392 g/mol. The second-order valence-corrected chi connectivity index (χ2v) is 7.61. The van der Waals surface area contributed by atoms with Gasteiger partial charge in [0, 0.05) is 23.2 Å². The standard InChI is InChI=1S/C22H24N4O3/c1-15-5-4-8-20(26(28)29)22(15)24-21(27)14-25-11-9-16(10-12-25)18-13-23-19-7-3-2-6-17(18)19/h2-8,13,16,23H,9-12,14H2,1H3,(H,24,27). The summed E-state index contributed by atoms with van der Waals surface area (Å²) in [5.41, 5.74) is 3.41. The van der Waals surface area contributed by atoms with Crippen molar-refractivity contribution in [3.05, 3.63) is 69.9 Å². The molecule has 4 rings (SSSR count). The number of amides is 1. The van der Waals surface area contributed by atoms with Crippen LogP contribution in [0.3, 0.4) is 0 Å². The number of para-hydroxylation sites is 2. The molecular formula is C22H24N4O3. The van der Waals surface area contributed by atoms with Crippen LogP contribution in [0, 0.1) is 17.0 Å². The van der Waals surface area contributed by atoms with E-state index in [9.17, 15) is 14.9 Å². The second-order valence-electron chi connectivity index (χ2n) is 7.61. The first kappa shape index (κ1) is 19.1. The molecule has 1 aliphatic rings. The Morgan fingerprint density at radius 1 is 1.21 bits per heavy atom. The molecule has 1 aromatic heterocycles. The van der Waals surface area contributed by atoms with Crippen LogP contribution in [-0.2, 0) is 4.79 Å². The number of carbonyl (C=O) groups excluding carboxylic acids is 1. The predicted molar refractivity (Wildman–Crippen MR) is 113 cm³/mol. The first-order valence-electron chi connectivity index (χ1n) is 9.85. The van der Waals surface area contributed by atoms with Gasteiger partial charge in [-0.3, -0.25) is 19.8 Å². The number of carbonyl (C=O) groups is 1. The Morgan fingerprint density at radius 3 is 2.72 bits per heavy atom. The number of aryl methyl sites for hydroxylation is 1. The Bertz CT molecular complexity index is 1050. The molecule has 1 saturated heterocycles. The summed E-state index contributed by atoms with van der Waals surface area (Å²) in [6.07, 6.45) is 4.08. The highest BCUT2D eigenvalue weighted by Gasteiger charge is 2.25. The predicted octanol–water partition coefficient (Wildman–Crippen LogP) is 4.20. The van der Waals surface area contributed by atoms with Gasteiger partial charge >= 0.3 is 0 Å². The van der Waals surface area contributed by atoms with Crippen molar-refractivity contribution >= 4 is 28.2 Å². The fourth-order valence-electron chi connectivity index (χ4n) is 4.18. The molecule has 29 heavy (non-hydrogen) atoms. The number of rotatable bonds is 5. The Kier molecular flexibility index (Phi) is 5.31. The maximum Gasteiger partial charge on any atom is 0.293 e. The number of hydrogen-bond acceptors (Lipinski definition) is 4. The number of nitrogens with one attached hydrogen (secondary N) is 2. The minimum atomic E-state index is -0.463. The molecule has 0 unspecified atom stereocenters. The van der Waals surface area contributed by atoms with E-state index in [0.717, 1.165) is 31.4 Å². The molecule has 2 aromatic carbocycles. The molecule has 1 fully saturated rings. The normalized spacial score (nSPS) is 15.5. The van der Waals surface area contributed by atoms with Crippen LogP contribution < -0.4 is 5.32 Å². The van der Waals surface area contributed by atoms with Crippen LogP contribution in [0.15, 0.2) is 48.7 Å². The molecule has 150 valence electrons. The zero-order valence-electron chi connectivity index (χ0n) is 16.4. The average Bonchev–Trinajstić information content (AvgIpc) is 3.14. The van der Waals surface area contributed by atoms with E-state index in [2.05, 4.69) is 39.6 Å². The summed E-state index contributed by atoms with van der Waals surface area (Å²) in [5.74, 6) is 0.260. The topological polar surface area (TPSA) is 91.3 Å². The molecule has 2 N–H and O–H groups in total. The molecule has 0 bridgehead atoms. The minimum Gasteiger partial charge on any atom is -0.361 e. The Hall–Kier alpha value is -3.19. The molecule has 1 aliphatic heterocycles. The number of likely N-dealkylation sites (tertiary alicyclic amines) is 1. The van der Waals surface area contributed by atoms with Gasteiger partial charge in [-0.15, -0.1) is 0 Å². The van der Waals surface area contributed by atoms with Crippen molar-refractivity contribution in [1.82, 2.24) is 9.88 Å². The van der Waals surface area contributed by atoms with Gasteiger partial charge < -0.3 is 10.3 Å². The number of nitro benzene ring substituents is 1. The fourth-order valence-corrected chi connectivity index (χ4v) is 4.18. The van der Waals surface area contributed by atoms with Gasteiger partial charge in [0.15, 0.2) is 0 Å². The molecule has 2 heterocycles. The maximum atomic E-state index is 12.5. The van der Waals surface area contributed by atoms with Crippen LogP contribution in [0.4, 0.5) is 11.4 Å². The fraction of sp³-hybridized carbons (Fsp3) is 0.318. The van der Waals surface area contributed by atoms with Gasteiger partial charge in [-0.05, 0) is 56.0 Å². The SMILES string of the molecule is Cc1cccc([N+](=O)[O-])c1NC(=O)CN1CCC(c2c[nH]c3ccccc23)CC1. The largest absolute Gasteiger partial charge is 0.361 e. The second kappa shape index (κ2) is 8.05. The van der Waals surface area contributed by atoms with E-state index in [1.165, 1.54) is 17.0 Å². The van der Waals surface area contributed by atoms with Crippen molar-refractivity contribution in [3.63, 3.8) is 0 Å². The van der Waals surface area contributed by atoms with Crippen LogP contribution in [0.2, 0.25) is 0 Å². The lowest BCUT2D eigenvalue weighted by Crippen LogP contribution is -2.38. The van der Waals surface area contributed by atoms with Crippen LogP contribution in [0.1, 0.15) is 29.9 Å². The number of fused-ring (bicyclic) bond motifs is 1. The molecule has 0 aliphatic carbocycles. The number of anilines is 1. The van der Waals surface area contributed by atoms with Gasteiger partial charge in [-0.2, -0.15) is 0 Å². The molecule has 7 nitrogen and oxygen atoms in total. The Morgan fingerprint density at radius 2 is 1.97 bits per heavy atom. The number of hydrogen-bond donors (Lipinski definition) is 2. The maximum absolute atomic E-state index is 12.5. The lowest BCUT2D eigenvalue weighted by Gasteiger charge is -2.31. The van der Waals surface area contributed by atoms with Crippen molar-refractivity contribution in [1.29, 1.82) is 0 Å². The highest BCUT2D eigenvalue weighted by atomic mass is 16.6. The first-order chi connectivity index (χ1) is 14.0. The lowest BCUT2D eigenvalue weighted by molar-refractivity contribution is -0.384. The number of piperidine rings is 1. The number of benzene rings is 2. The van der Waals surface area contributed by atoms with E-state index in [4.69, 9.17) is 0 Å². The van der Waals surface area contributed by atoms with Gasteiger partial charge in [-0.1, -0.05) is 30.3 Å². The summed E-state index contributed by atoms with van der Waals surface area (Å²) in [4.78, 5) is 28.7. The van der Waals surface area contributed by atoms with Crippen molar-refractivity contribution < 1.29 is 9.72 Å². The van der Waals surface area contributed by atoms with Gasteiger partial charge in [-0.25, -0.2) is 0 Å².